The number of nitrogens with one attached hydrogen (secondary N) is 1. The molecule has 0 spiro atoms. The number of aromatic nitrogens is 3. The lowest BCUT2D eigenvalue weighted by Crippen LogP contribution is -2.32. The molecule has 30 heavy (non-hydrogen) atoms. The largest absolute Gasteiger partial charge is 0.319 e. The fraction of sp³-hybridized carbons (Fsp3) is 0.286. The summed E-state index contributed by atoms with van der Waals surface area (Å²) in [4.78, 5) is 21.8. The van der Waals surface area contributed by atoms with Gasteiger partial charge in [0, 0.05) is 12.7 Å². The van der Waals surface area contributed by atoms with Crippen molar-refractivity contribution in [3.63, 3.8) is 0 Å². The molecule has 5 rings (SSSR count). The smallest absolute Gasteiger partial charge is 0.276 e. The molecular weight excluding hydrogens is 402 g/mol. The molecule has 0 unspecified atom stereocenters. The van der Waals surface area contributed by atoms with E-state index >= 15 is 0 Å². The summed E-state index contributed by atoms with van der Waals surface area (Å²) in [6.07, 6.45) is 5.24. The average Bonchev–Trinajstić information content (AvgIpc) is 3.47. The first-order valence-corrected chi connectivity index (χ1v) is 11.3. The van der Waals surface area contributed by atoms with Crippen molar-refractivity contribution in [3.8, 4) is 5.69 Å². The molecule has 0 saturated heterocycles. The highest BCUT2D eigenvalue weighted by Crippen LogP contribution is 2.36. The first-order valence-electron chi connectivity index (χ1n) is 9.84. The van der Waals surface area contributed by atoms with Crippen molar-refractivity contribution in [1.82, 2.24) is 18.8 Å². The topological polar surface area (TPSA) is 97.2 Å². The van der Waals surface area contributed by atoms with Crippen LogP contribution < -0.4 is 5.32 Å². The molecule has 3 heterocycles. The molecule has 0 atom stereocenters. The molecule has 1 N–H and O–H groups in total. The number of imidazole rings is 1. The van der Waals surface area contributed by atoms with E-state index in [1.807, 2.05) is 6.92 Å². The minimum absolute atomic E-state index is 0.0995. The first-order chi connectivity index (χ1) is 14.4. The van der Waals surface area contributed by atoms with Crippen LogP contribution in [0.4, 0.5) is 5.69 Å². The van der Waals surface area contributed by atoms with Crippen LogP contribution >= 0.6 is 0 Å². The van der Waals surface area contributed by atoms with E-state index in [9.17, 15) is 13.2 Å². The number of rotatable bonds is 4. The molecule has 1 amide bonds. The Hall–Kier alpha value is -3.04. The number of pyridine rings is 1. The van der Waals surface area contributed by atoms with E-state index in [1.165, 1.54) is 10.6 Å². The monoisotopic (exact) mass is 423 g/mol. The Kier molecular flexibility index (Phi) is 4.44. The quantitative estimate of drug-likeness (QED) is 0.696. The van der Waals surface area contributed by atoms with Crippen LogP contribution in [-0.4, -0.2) is 39.7 Å². The van der Waals surface area contributed by atoms with Crippen molar-refractivity contribution < 1.29 is 13.2 Å². The van der Waals surface area contributed by atoms with Crippen LogP contribution in [0, 0.1) is 12.8 Å². The van der Waals surface area contributed by atoms with Gasteiger partial charge >= 0.3 is 0 Å². The number of carbonyl (C=O) groups excluding carboxylic acids is 1. The zero-order valence-corrected chi connectivity index (χ0v) is 17.3. The standard InChI is InChI=1S/C21H21N5O3S/c1-14-16(5-4-10-22-14)24-21(27)20-18-12-25(11-15-8-9-15)30(28,29)19-7-3-2-6-17(19)26(18)13-23-20/h2-7,10,13,15H,8-9,11-12H2,1H3,(H,24,27). The van der Waals surface area contributed by atoms with Crippen LogP contribution in [-0.2, 0) is 16.6 Å². The predicted octanol–water partition coefficient (Wildman–Crippen LogP) is 2.74. The van der Waals surface area contributed by atoms with Gasteiger partial charge in [0.15, 0.2) is 5.69 Å². The lowest BCUT2D eigenvalue weighted by atomic mass is 10.2. The predicted molar refractivity (Wildman–Crippen MR) is 111 cm³/mol. The van der Waals surface area contributed by atoms with E-state index in [0.29, 0.717) is 35.2 Å². The molecule has 2 aromatic heterocycles. The van der Waals surface area contributed by atoms with Gasteiger partial charge in [-0.3, -0.25) is 14.3 Å². The van der Waals surface area contributed by atoms with Crippen molar-refractivity contribution >= 4 is 21.6 Å². The second-order valence-electron chi connectivity index (χ2n) is 7.71. The maximum Gasteiger partial charge on any atom is 0.276 e. The number of carbonyl (C=O) groups is 1. The van der Waals surface area contributed by atoms with Crippen LogP contribution in [0.3, 0.4) is 0 Å². The Morgan fingerprint density at radius 3 is 2.73 bits per heavy atom. The van der Waals surface area contributed by atoms with Gasteiger partial charge in [-0.05, 0) is 49.9 Å². The maximum atomic E-state index is 13.4. The molecule has 1 aliphatic carbocycles. The van der Waals surface area contributed by atoms with Crippen molar-refractivity contribution in [2.24, 2.45) is 5.92 Å². The average molecular weight is 423 g/mol. The number of hydrogen-bond donors (Lipinski definition) is 1. The first kappa shape index (κ1) is 19.0. The molecule has 3 aromatic rings. The van der Waals surface area contributed by atoms with Crippen molar-refractivity contribution in [1.29, 1.82) is 0 Å². The van der Waals surface area contributed by atoms with E-state index in [1.54, 1.807) is 47.2 Å². The van der Waals surface area contributed by atoms with Gasteiger partial charge in [0.05, 0.1) is 29.3 Å². The summed E-state index contributed by atoms with van der Waals surface area (Å²) in [7, 11) is -3.68. The number of nitrogens with zero attached hydrogens (tertiary/aromatic N) is 4. The molecule has 1 fully saturated rings. The van der Waals surface area contributed by atoms with Gasteiger partial charge in [-0.25, -0.2) is 13.4 Å². The minimum atomic E-state index is -3.68. The molecule has 2 aliphatic rings. The third-order valence-corrected chi connectivity index (χ3v) is 7.42. The van der Waals surface area contributed by atoms with E-state index < -0.39 is 10.0 Å². The molecule has 1 aliphatic heterocycles. The summed E-state index contributed by atoms with van der Waals surface area (Å²) in [6, 6.07) is 10.4. The van der Waals surface area contributed by atoms with Gasteiger partial charge < -0.3 is 5.32 Å². The summed E-state index contributed by atoms with van der Waals surface area (Å²) < 4.78 is 29.9. The molecule has 0 bridgehead atoms. The highest BCUT2D eigenvalue weighted by atomic mass is 32.2. The molecule has 8 nitrogen and oxygen atoms in total. The lowest BCUT2D eigenvalue weighted by Gasteiger charge is -2.20. The number of benzene rings is 1. The number of fused-ring (bicyclic) bond motifs is 3. The number of anilines is 1. The zero-order chi connectivity index (χ0) is 20.9. The third-order valence-electron chi connectivity index (χ3n) is 5.56. The zero-order valence-electron chi connectivity index (χ0n) is 16.4. The molecule has 154 valence electrons. The van der Waals surface area contributed by atoms with Gasteiger partial charge in [0.2, 0.25) is 10.0 Å². The Labute approximate surface area is 174 Å². The second-order valence-corrected chi connectivity index (χ2v) is 9.62. The number of amides is 1. The van der Waals surface area contributed by atoms with Crippen LogP contribution in [0.2, 0.25) is 0 Å². The van der Waals surface area contributed by atoms with E-state index in [-0.39, 0.29) is 23.0 Å². The highest BCUT2D eigenvalue weighted by Gasteiger charge is 2.37. The van der Waals surface area contributed by atoms with Gasteiger partial charge in [0.1, 0.15) is 11.2 Å². The van der Waals surface area contributed by atoms with Crippen LogP contribution in [0.15, 0.2) is 53.8 Å². The second kappa shape index (κ2) is 7.03. The van der Waals surface area contributed by atoms with Gasteiger partial charge in [0.25, 0.3) is 5.91 Å². The molecular formula is C21H21N5O3S. The summed E-state index contributed by atoms with van der Waals surface area (Å²) in [5.74, 6) is -0.0141. The van der Waals surface area contributed by atoms with E-state index in [4.69, 9.17) is 0 Å². The minimum Gasteiger partial charge on any atom is -0.319 e. The molecule has 9 heteroatoms. The number of para-hydroxylation sites is 1. The fourth-order valence-electron chi connectivity index (χ4n) is 3.74. The van der Waals surface area contributed by atoms with Crippen molar-refractivity contribution in [2.75, 3.05) is 11.9 Å². The van der Waals surface area contributed by atoms with Crippen LogP contribution in [0.1, 0.15) is 34.7 Å². The van der Waals surface area contributed by atoms with Crippen molar-refractivity contribution in [2.45, 2.75) is 31.2 Å². The summed E-state index contributed by atoms with van der Waals surface area (Å²) in [5, 5.41) is 2.85. The number of hydrogen-bond acceptors (Lipinski definition) is 5. The normalized spacial score (nSPS) is 17.6. The van der Waals surface area contributed by atoms with Crippen LogP contribution in [0.25, 0.3) is 5.69 Å². The van der Waals surface area contributed by atoms with Gasteiger partial charge in [-0.1, -0.05) is 12.1 Å². The van der Waals surface area contributed by atoms with Gasteiger partial charge in [-0.2, -0.15) is 4.31 Å². The third kappa shape index (κ3) is 3.20. The lowest BCUT2D eigenvalue weighted by molar-refractivity contribution is 0.102. The SMILES string of the molecule is Cc1ncccc1NC(=O)c1ncn2c1CN(CC1CC1)S(=O)(=O)c1ccccc1-2. The molecule has 1 aromatic carbocycles. The highest BCUT2D eigenvalue weighted by molar-refractivity contribution is 7.89. The summed E-state index contributed by atoms with van der Waals surface area (Å²) in [6.45, 7) is 2.36. The summed E-state index contributed by atoms with van der Waals surface area (Å²) >= 11 is 0. The fourth-order valence-corrected chi connectivity index (χ4v) is 5.40. The maximum absolute atomic E-state index is 13.4. The Morgan fingerprint density at radius 2 is 1.97 bits per heavy atom. The molecule has 1 saturated carbocycles. The van der Waals surface area contributed by atoms with Crippen LogP contribution in [0.5, 0.6) is 0 Å². The van der Waals surface area contributed by atoms with Gasteiger partial charge in [-0.15, -0.1) is 0 Å². The van der Waals surface area contributed by atoms with Crippen molar-refractivity contribution in [3.05, 3.63) is 66.0 Å². The number of sulfonamides is 1. The number of aryl methyl sites for hydroxylation is 1. The van der Waals surface area contributed by atoms with E-state index in [0.717, 1.165) is 12.8 Å². The Balaban J connectivity index is 1.59. The van der Waals surface area contributed by atoms with E-state index in [2.05, 4.69) is 15.3 Å². The Bertz CT molecular complexity index is 1250. The Morgan fingerprint density at radius 1 is 1.17 bits per heavy atom. The summed E-state index contributed by atoms with van der Waals surface area (Å²) in [5.41, 5.74) is 2.57. The molecule has 0 radical (unpaired) electrons.